The summed E-state index contributed by atoms with van der Waals surface area (Å²) in [6.07, 6.45) is 0. The van der Waals surface area contributed by atoms with E-state index in [-0.39, 0.29) is 6.04 Å². The summed E-state index contributed by atoms with van der Waals surface area (Å²) in [5.74, 6) is 2.46. The van der Waals surface area contributed by atoms with Crippen LogP contribution in [-0.2, 0) is 11.3 Å². The maximum absolute atomic E-state index is 5.70. The second kappa shape index (κ2) is 9.81. The van der Waals surface area contributed by atoms with Crippen molar-refractivity contribution in [2.45, 2.75) is 19.5 Å². The van der Waals surface area contributed by atoms with E-state index in [1.54, 1.807) is 26.2 Å². The zero-order valence-corrected chi connectivity index (χ0v) is 17.3. The number of benzene rings is 1. The van der Waals surface area contributed by atoms with Crippen LogP contribution in [0, 0.1) is 0 Å². The minimum absolute atomic E-state index is 0.0321. The summed E-state index contributed by atoms with van der Waals surface area (Å²) in [4.78, 5) is 3.08. The lowest BCUT2D eigenvalue weighted by Crippen LogP contribution is -3.28. The number of rotatable bonds is 9. The van der Waals surface area contributed by atoms with Crippen molar-refractivity contribution in [1.82, 2.24) is 20.2 Å². The quantitative estimate of drug-likeness (QED) is 0.526. The summed E-state index contributed by atoms with van der Waals surface area (Å²) in [6.45, 7) is 8.93. The Kier molecular flexibility index (Phi) is 7.18. The van der Waals surface area contributed by atoms with Crippen molar-refractivity contribution in [1.29, 1.82) is 0 Å². The van der Waals surface area contributed by atoms with Crippen LogP contribution in [0.25, 0.3) is 0 Å². The smallest absolute Gasteiger partial charge is 0.214 e. The molecule has 1 aliphatic heterocycles. The molecule has 1 saturated heterocycles. The summed E-state index contributed by atoms with van der Waals surface area (Å²) >= 11 is 0. The van der Waals surface area contributed by atoms with E-state index < -0.39 is 0 Å². The van der Waals surface area contributed by atoms with Crippen molar-refractivity contribution in [2.24, 2.45) is 0 Å². The minimum Gasteiger partial charge on any atom is -0.497 e. The molecule has 0 unspecified atom stereocenters. The Bertz CT molecular complexity index is 745. The Balaban J connectivity index is 2.02. The number of tetrazole rings is 1. The van der Waals surface area contributed by atoms with Gasteiger partial charge in [0.1, 0.15) is 37.7 Å². The average molecular weight is 393 g/mol. The van der Waals surface area contributed by atoms with E-state index in [9.17, 15) is 0 Å². The minimum atomic E-state index is -0.0321. The highest BCUT2D eigenvalue weighted by atomic mass is 16.5. The van der Waals surface area contributed by atoms with E-state index in [1.165, 1.54) is 4.90 Å². The van der Waals surface area contributed by atoms with E-state index in [2.05, 4.69) is 22.4 Å². The first kappa shape index (κ1) is 20.5. The van der Waals surface area contributed by atoms with Gasteiger partial charge in [0.15, 0.2) is 6.04 Å². The molecule has 2 heterocycles. The van der Waals surface area contributed by atoms with Crippen LogP contribution in [0.2, 0.25) is 0 Å². The molecule has 3 rings (SSSR count). The number of aromatic nitrogens is 4. The normalized spacial score (nSPS) is 20.7. The molecule has 0 bridgehead atoms. The van der Waals surface area contributed by atoms with Crippen LogP contribution in [0.1, 0.15) is 24.4 Å². The molecule has 1 atom stereocenters. The van der Waals surface area contributed by atoms with Gasteiger partial charge < -0.3 is 24.0 Å². The van der Waals surface area contributed by atoms with Gasteiger partial charge in [-0.3, -0.25) is 0 Å². The third-order valence-electron chi connectivity index (χ3n) is 5.58. The first-order valence-electron chi connectivity index (χ1n) is 9.86. The van der Waals surface area contributed by atoms with Gasteiger partial charge in [0, 0.05) is 7.11 Å². The number of ether oxygens (including phenoxy) is 3. The molecule has 1 aliphatic rings. The lowest BCUT2D eigenvalue weighted by molar-refractivity contribution is -1.02. The molecule has 0 spiro atoms. The Morgan fingerprint density at radius 3 is 2.54 bits per heavy atom. The number of methoxy groups -OCH3 is 3. The highest BCUT2D eigenvalue weighted by Crippen LogP contribution is 2.30. The van der Waals surface area contributed by atoms with Gasteiger partial charge in [0.05, 0.1) is 39.5 Å². The number of hydrogen-bond donors (Lipinski definition) is 2. The van der Waals surface area contributed by atoms with Crippen molar-refractivity contribution in [3.63, 3.8) is 0 Å². The average Bonchev–Trinajstić information content (AvgIpc) is 3.20. The van der Waals surface area contributed by atoms with Crippen LogP contribution in [0.5, 0.6) is 11.5 Å². The first-order chi connectivity index (χ1) is 13.7. The van der Waals surface area contributed by atoms with Crippen LogP contribution in [0.15, 0.2) is 18.2 Å². The Hall–Kier alpha value is -2.23. The van der Waals surface area contributed by atoms with Gasteiger partial charge in [-0.15, -0.1) is 5.10 Å². The van der Waals surface area contributed by atoms with Crippen molar-refractivity contribution < 1.29 is 24.0 Å². The fraction of sp³-hybridized carbons (Fsp3) is 0.632. The summed E-state index contributed by atoms with van der Waals surface area (Å²) in [6, 6.07) is 5.89. The summed E-state index contributed by atoms with van der Waals surface area (Å²) in [7, 11) is 5.06. The van der Waals surface area contributed by atoms with E-state index in [0.29, 0.717) is 13.2 Å². The topological polar surface area (TPSA) is 80.2 Å². The molecule has 2 N–H and O–H groups in total. The molecule has 1 aromatic heterocycles. The molecular weight excluding hydrogens is 360 g/mol. The van der Waals surface area contributed by atoms with Crippen LogP contribution in [-0.4, -0.2) is 80.9 Å². The Morgan fingerprint density at radius 2 is 1.89 bits per heavy atom. The summed E-state index contributed by atoms with van der Waals surface area (Å²) in [5.41, 5.74) is 1.05. The number of quaternary nitrogens is 2. The molecular formula is C19H32N6O3+2. The van der Waals surface area contributed by atoms with Crippen molar-refractivity contribution >= 4 is 0 Å². The highest BCUT2D eigenvalue weighted by Gasteiger charge is 2.37. The van der Waals surface area contributed by atoms with E-state index in [0.717, 1.165) is 55.6 Å². The Morgan fingerprint density at radius 1 is 1.11 bits per heavy atom. The molecule has 9 nitrogen and oxygen atoms in total. The van der Waals surface area contributed by atoms with Crippen LogP contribution in [0.3, 0.4) is 0 Å². The van der Waals surface area contributed by atoms with Crippen LogP contribution < -0.4 is 19.3 Å². The fourth-order valence-corrected chi connectivity index (χ4v) is 3.93. The summed E-state index contributed by atoms with van der Waals surface area (Å²) < 4.78 is 18.3. The zero-order chi connectivity index (χ0) is 19.9. The monoisotopic (exact) mass is 392 g/mol. The number of piperazine rings is 1. The number of hydrogen-bond acceptors (Lipinski definition) is 6. The van der Waals surface area contributed by atoms with Crippen LogP contribution in [0.4, 0.5) is 0 Å². The first-order valence-corrected chi connectivity index (χ1v) is 9.86. The maximum atomic E-state index is 5.70. The fourth-order valence-electron chi connectivity index (χ4n) is 3.93. The van der Waals surface area contributed by atoms with Gasteiger partial charge in [-0.25, -0.2) is 4.68 Å². The standard InChI is InChI=1S/C19H30N6O3/c1-5-23-8-10-24(11-9-23)18(19-20-21-22-25(19)12-13-26-2)16-14-15(27-3)6-7-17(16)28-4/h6-7,14,18H,5,8-13H2,1-4H3/p+2/t18-/m0/s1. The third kappa shape index (κ3) is 4.43. The lowest BCUT2D eigenvalue weighted by Gasteiger charge is -2.34. The molecule has 0 amide bonds. The van der Waals surface area contributed by atoms with Gasteiger partial charge in [0.25, 0.3) is 0 Å². The molecule has 1 aromatic carbocycles. The number of nitrogens with zero attached hydrogens (tertiary/aromatic N) is 4. The lowest BCUT2D eigenvalue weighted by atomic mass is 10.0. The molecule has 9 heteroatoms. The third-order valence-corrected chi connectivity index (χ3v) is 5.58. The van der Waals surface area contributed by atoms with Crippen molar-refractivity contribution in [3.8, 4) is 11.5 Å². The molecule has 28 heavy (non-hydrogen) atoms. The number of likely N-dealkylation sites (N-methyl/N-ethyl adjacent to an activating group) is 1. The molecule has 154 valence electrons. The number of nitrogens with one attached hydrogen (secondary N) is 2. The molecule has 0 aliphatic carbocycles. The summed E-state index contributed by atoms with van der Waals surface area (Å²) in [5, 5.41) is 12.6. The molecule has 1 fully saturated rings. The van der Waals surface area contributed by atoms with Gasteiger partial charge >= 0.3 is 0 Å². The largest absolute Gasteiger partial charge is 0.497 e. The van der Waals surface area contributed by atoms with Crippen molar-refractivity contribution in [2.75, 3.05) is 60.7 Å². The van der Waals surface area contributed by atoms with Gasteiger partial charge in [-0.1, -0.05) is 0 Å². The van der Waals surface area contributed by atoms with E-state index >= 15 is 0 Å². The Labute approximate surface area is 166 Å². The second-order valence-electron chi connectivity index (χ2n) is 7.06. The predicted octanol–water partition coefficient (Wildman–Crippen LogP) is -1.77. The predicted molar refractivity (Wildman–Crippen MR) is 103 cm³/mol. The van der Waals surface area contributed by atoms with Gasteiger partial charge in [0.2, 0.25) is 5.82 Å². The van der Waals surface area contributed by atoms with E-state index in [4.69, 9.17) is 14.2 Å². The van der Waals surface area contributed by atoms with Gasteiger partial charge in [-0.2, -0.15) is 0 Å². The van der Waals surface area contributed by atoms with Crippen LogP contribution >= 0.6 is 0 Å². The highest BCUT2D eigenvalue weighted by molar-refractivity contribution is 5.43. The second-order valence-corrected chi connectivity index (χ2v) is 7.06. The molecule has 2 aromatic rings. The van der Waals surface area contributed by atoms with Gasteiger partial charge in [-0.05, 0) is 35.5 Å². The molecule has 0 saturated carbocycles. The maximum Gasteiger partial charge on any atom is 0.214 e. The molecule has 0 radical (unpaired) electrons. The van der Waals surface area contributed by atoms with Crippen molar-refractivity contribution in [3.05, 3.63) is 29.6 Å². The van der Waals surface area contributed by atoms with E-state index in [1.807, 2.05) is 22.9 Å². The zero-order valence-electron chi connectivity index (χ0n) is 17.3. The SMILES string of the molecule is CC[NH+]1CC[NH+]([C@@H](c2cc(OC)ccc2OC)c2nnnn2CCOC)CC1.